The smallest absolute Gasteiger partial charge is 0.294 e. The lowest BCUT2D eigenvalue weighted by Gasteiger charge is -2.13. The Morgan fingerprint density at radius 2 is 1.62 bits per heavy atom. The fourth-order valence-electron chi connectivity index (χ4n) is 3.11. The van der Waals surface area contributed by atoms with E-state index in [1.165, 1.54) is 27.4 Å². The Labute approximate surface area is 190 Å². The predicted octanol–water partition coefficient (Wildman–Crippen LogP) is 4.00. The number of aryl methyl sites for hydroxylation is 2. The zero-order valence-electron chi connectivity index (χ0n) is 18.5. The maximum atomic E-state index is 12.8. The van der Waals surface area contributed by atoms with E-state index in [1.807, 2.05) is 26.0 Å². The molecule has 32 heavy (non-hydrogen) atoms. The predicted molar refractivity (Wildman–Crippen MR) is 123 cm³/mol. The number of carbonyl (C=O) groups excluding carboxylic acids is 3. The molecular formula is C23H24N2O6S. The molecule has 1 aliphatic heterocycles. The highest BCUT2D eigenvalue weighted by Crippen LogP contribution is 2.38. The lowest BCUT2D eigenvalue weighted by molar-refractivity contribution is -0.127. The molecule has 9 heteroatoms. The van der Waals surface area contributed by atoms with Crippen LogP contribution in [0.4, 0.5) is 10.5 Å². The summed E-state index contributed by atoms with van der Waals surface area (Å²) in [6, 6.07) is 8.79. The van der Waals surface area contributed by atoms with Crippen molar-refractivity contribution in [1.29, 1.82) is 0 Å². The van der Waals surface area contributed by atoms with Gasteiger partial charge in [0.1, 0.15) is 12.3 Å². The number of nitrogens with zero attached hydrogens (tertiary/aromatic N) is 1. The first-order valence-electron chi connectivity index (χ1n) is 9.69. The van der Waals surface area contributed by atoms with E-state index < -0.39 is 17.1 Å². The summed E-state index contributed by atoms with van der Waals surface area (Å²) in [5.74, 6) is 0.360. The highest BCUT2D eigenvalue weighted by Gasteiger charge is 2.36. The van der Waals surface area contributed by atoms with Gasteiger partial charge in [0, 0.05) is 17.3 Å². The number of amides is 3. The highest BCUT2D eigenvalue weighted by atomic mass is 32.2. The van der Waals surface area contributed by atoms with Crippen molar-refractivity contribution in [3.8, 4) is 17.2 Å². The molecule has 0 spiro atoms. The number of benzene rings is 2. The summed E-state index contributed by atoms with van der Waals surface area (Å²) in [7, 11) is 4.49. The monoisotopic (exact) mass is 456 g/mol. The van der Waals surface area contributed by atoms with Crippen molar-refractivity contribution in [2.24, 2.45) is 0 Å². The summed E-state index contributed by atoms with van der Waals surface area (Å²) >= 11 is 0.763. The van der Waals surface area contributed by atoms with Gasteiger partial charge in [0.2, 0.25) is 5.91 Å². The van der Waals surface area contributed by atoms with Crippen molar-refractivity contribution in [2.45, 2.75) is 13.8 Å². The van der Waals surface area contributed by atoms with Crippen LogP contribution in [0.3, 0.4) is 0 Å². The first-order valence-corrected chi connectivity index (χ1v) is 10.5. The van der Waals surface area contributed by atoms with Crippen LogP contribution in [0.15, 0.2) is 35.2 Å². The van der Waals surface area contributed by atoms with Crippen molar-refractivity contribution in [3.63, 3.8) is 0 Å². The molecular weight excluding hydrogens is 432 g/mol. The number of thioether (sulfide) groups is 1. The molecule has 2 aromatic carbocycles. The molecule has 8 nitrogen and oxygen atoms in total. The van der Waals surface area contributed by atoms with Crippen LogP contribution in [0, 0.1) is 13.8 Å². The normalized spacial score (nSPS) is 14.7. The first-order chi connectivity index (χ1) is 15.3. The Morgan fingerprint density at radius 1 is 0.969 bits per heavy atom. The Hall–Kier alpha value is -3.46. The Bertz CT molecular complexity index is 1110. The molecule has 2 aromatic rings. The van der Waals surface area contributed by atoms with Crippen molar-refractivity contribution in [2.75, 3.05) is 33.2 Å². The van der Waals surface area contributed by atoms with Crippen LogP contribution >= 0.6 is 11.8 Å². The molecule has 0 bridgehead atoms. The fraction of sp³-hybridized carbons (Fsp3) is 0.261. The van der Waals surface area contributed by atoms with E-state index in [1.54, 1.807) is 18.2 Å². The zero-order chi connectivity index (χ0) is 23.4. The third kappa shape index (κ3) is 4.88. The molecule has 1 heterocycles. The summed E-state index contributed by atoms with van der Waals surface area (Å²) in [4.78, 5) is 38.8. The van der Waals surface area contributed by atoms with Gasteiger partial charge >= 0.3 is 0 Å². The second-order valence-corrected chi connectivity index (χ2v) is 8.06. The minimum atomic E-state index is -0.549. The number of carbonyl (C=O) groups is 3. The van der Waals surface area contributed by atoms with Crippen LogP contribution in [-0.4, -0.2) is 49.8 Å². The molecule has 0 unspecified atom stereocenters. The first kappa shape index (κ1) is 23.2. The molecule has 1 saturated heterocycles. The van der Waals surface area contributed by atoms with E-state index in [4.69, 9.17) is 14.2 Å². The minimum Gasteiger partial charge on any atom is -0.496 e. The molecule has 0 aromatic heterocycles. The lowest BCUT2D eigenvalue weighted by atomic mass is 10.1. The van der Waals surface area contributed by atoms with E-state index in [0.717, 1.165) is 27.8 Å². The van der Waals surface area contributed by atoms with Gasteiger partial charge in [0.15, 0.2) is 11.5 Å². The van der Waals surface area contributed by atoms with Gasteiger partial charge in [-0.3, -0.25) is 19.3 Å². The standard InChI is InChI=1S/C23H24N2O6S/c1-13-6-7-16(8-14(13)2)24-21(26)12-25-22(27)20(32-23(25)28)10-15-9-18(30-4)19(31-5)11-17(15)29-3/h6-11H,12H2,1-5H3,(H,24,26)/b20-10+. The molecule has 1 N–H and O–H groups in total. The molecule has 1 aliphatic rings. The van der Waals surface area contributed by atoms with Crippen molar-refractivity contribution in [3.05, 3.63) is 51.9 Å². The van der Waals surface area contributed by atoms with Crippen LogP contribution in [0.5, 0.6) is 17.2 Å². The van der Waals surface area contributed by atoms with E-state index in [2.05, 4.69) is 5.32 Å². The minimum absolute atomic E-state index is 0.180. The summed E-state index contributed by atoms with van der Waals surface area (Å²) < 4.78 is 15.9. The van der Waals surface area contributed by atoms with Crippen molar-refractivity contribution < 1.29 is 28.6 Å². The van der Waals surface area contributed by atoms with E-state index in [0.29, 0.717) is 28.5 Å². The number of rotatable bonds is 7. The quantitative estimate of drug-likeness (QED) is 0.629. The fourth-order valence-corrected chi connectivity index (χ4v) is 3.94. The van der Waals surface area contributed by atoms with E-state index >= 15 is 0 Å². The molecule has 3 amide bonds. The summed E-state index contributed by atoms with van der Waals surface area (Å²) in [5.41, 5.74) is 3.27. The van der Waals surface area contributed by atoms with Gasteiger partial charge in [-0.05, 0) is 61.0 Å². The maximum absolute atomic E-state index is 12.8. The van der Waals surface area contributed by atoms with E-state index in [9.17, 15) is 14.4 Å². The average Bonchev–Trinajstić information content (AvgIpc) is 3.03. The number of hydrogen-bond acceptors (Lipinski definition) is 7. The average molecular weight is 457 g/mol. The molecule has 0 radical (unpaired) electrons. The molecule has 0 aliphatic carbocycles. The summed E-state index contributed by atoms with van der Waals surface area (Å²) in [6.45, 7) is 3.54. The molecule has 0 saturated carbocycles. The number of nitrogens with one attached hydrogen (secondary N) is 1. The number of hydrogen-bond donors (Lipinski definition) is 1. The second kappa shape index (κ2) is 9.78. The number of ether oxygens (including phenoxy) is 3. The number of anilines is 1. The largest absolute Gasteiger partial charge is 0.496 e. The molecule has 3 rings (SSSR count). The van der Waals surface area contributed by atoms with Crippen LogP contribution in [0.2, 0.25) is 0 Å². The van der Waals surface area contributed by atoms with Gasteiger partial charge in [0.05, 0.1) is 26.2 Å². The zero-order valence-corrected chi connectivity index (χ0v) is 19.3. The summed E-state index contributed by atoms with van der Waals surface area (Å²) in [6.07, 6.45) is 1.53. The number of methoxy groups -OCH3 is 3. The van der Waals surface area contributed by atoms with Crippen molar-refractivity contribution in [1.82, 2.24) is 4.90 Å². The Balaban J connectivity index is 1.79. The Morgan fingerprint density at radius 3 is 2.25 bits per heavy atom. The van der Waals surface area contributed by atoms with Gasteiger partial charge in [0.25, 0.3) is 11.1 Å². The SMILES string of the molecule is COc1cc(OC)c(OC)cc1/C=C1/SC(=O)N(CC(=O)Nc2ccc(C)c(C)c2)C1=O. The van der Waals surface area contributed by atoms with Crippen LogP contribution in [-0.2, 0) is 9.59 Å². The van der Waals surface area contributed by atoms with Crippen LogP contribution in [0.25, 0.3) is 6.08 Å². The third-order valence-corrected chi connectivity index (χ3v) is 5.90. The molecule has 1 fully saturated rings. The Kier molecular flexibility index (Phi) is 7.09. The van der Waals surface area contributed by atoms with Crippen LogP contribution in [0.1, 0.15) is 16.7 Å². The highest BCUT2D eigenvalue weighted by molar-refractivity contribution is 8.18. The topological polar surface area (TPSA) is 94.2 Å². The van der Waals surface area contributed by atoms with Gasteiger partial charge in [-0.25, -0.2) is 0 Å². The third-order valence-electron chi connectivity index (χ3n) is 4.99. The lowest BCUT2D eigenvalue weighted by Crippen LogP contribution is -2.36. The summed E-state index contributed by atoms with van der Waals surface area (Å²) in [5, 5.41) is 2.21. The maximum Gasteiger partial charge on any atom is 0.294 e. The van der Waals surface area contributed by atoms with Gasteiger partial charge in [-0.2, -0.15) is 0 Å². The number of imide groups is 1. The molecule has 168 valence electrons. The molecule has 0 atom stereocenters. The van der Waals surface area contributed by atoms with Crippen molar-refractivity contribution >= 4 is 40.6 Å². The van der Waals surface area contributed by atoms with E-state index in [-0.39, 0.29) is 11.4 Å². The van der Waals surface area contributed by atoms with Crippen LogP contribution < -0.4 is 19.5 Å². The van der Waals surface area contributed by atoms with Gasteiger partial charge < -0.3 is 19.5 Å². The second-order valence-electron chi connectivity index (χ2n) is 7.06. The van der Waals surface area contributed by atoms with Gasteiger partial charge in [-0.1, -0.05) is 6.07 Å². The van der Waals surface area contributed by atoms with Gasteiger partial charge in [-0.15, -0.1) is 0 Å².